The second kappa shape index (κ2) is 9.83. The lowest BCUT2D eigenvalue weighted by atomic mass is 10.2. The maximum Gasteiger partial charge on any atom is 0.269 e. The number of ether oxygens (including phenoxy) is 1. The maximum absolute atomic E-state index is 12.3. The number of benzene rings is 3. The van der Waals surface area contributed by atoms with Crippen molar-refractivity contribution in [1.82, 2.24) is 10.9 Å². The summed E-state index contributed by atoms with van der Waals surface area (Å²) >= 11 is 0. The van der Waals surface area contributed by atoms with E-state index in [-0.39, 0.29) is 11.3 Å². The zero-order valence-corrected chi connectivity index (χ0v) is 15.9. The van der Waals surface area contributed by atoms with Crippen molar-refractivity contribution in [3.8, 4) is 5.75 Å². The molecule has 0 aromatic heterocycles. The second-order valence-corrected chi connectivity index (χ2v) is 6.32. The number of non-ortho nitro benzene ring substituents is 1. The molecule has 0 aliphatic rings. The fraction of sp³-hybridized carbons (Fsp3) is 0.0909. The summed E-state index contributed by atoms with van der Waals surface area (Å²) in [6.45, 7) is 0.464. The van der Waals surface area contributed by atoms with Crippen LogP contribution in [0.4, 0.5) is 5.69 Å². The van der Waals surface area contributed by atoms with Gasteiger partial charge in [0.05, 0.1) is 11.5 Å². The minimum atomic E-state index is -0.589. The van der Waals surface area contributed by atoms with Crippen molar-refractivity contribution in [3.05, 3.63) is 106 Å². The fourth-order valence-electron chi connectivity index (χ4n) is 2.65. The first-order chi connectivity index (χ1) is 14.5. The molecule has 8 nitrogen and oxygen atoms in total. The predicted octanol–water partition coefficient (Wildman–Crippen LogP) is 3.29. The van der Waals surface area contributed by atoms with Crippen LogP contribution in [0.1, 0.15) is 26.3 Å². The van der Waals surface area contributed by atoms with Gasteiger partial charge in [0.1, 0.15) is 5.75 Å². The predicted molar refractivity (Wildman–Crippen MR) is 110 cm³/mol. The molecule has 0 radical (unpaired) electrons. The van der Waals surface area contributed by atoms with Crippen LogP contribution in [0.15, 0.2) is 78.9 Å². The monoisotopic (exact) mass is 405 g/mol. The van der Waals surface area contributed by atoms with E-state index in [2.05, 4.69) is 10.9 Å². The number of carbonyl (C=O) groups excluding carboxylic acids is 2. The second-order valence-electron chi connectivity index (χ2n) is 6.32. The first-order valence-corrected chi connectivity index (χ1v) is 9.15. The van der Waals surface area contributed by atoms with E-state index in [0.717, 1.165) is 12.0 Å². The van der Waals surface area contributed by atoms with Gasteiger partial charge in [-0.05, 0) is 35.9 Å². The quantitative estimate of drug-likeness (QED) is 0.463. The number of nitrogens with zero attached hydrogens (tertiary/aromatic N) is 1. The molecule has 0 atom stereocenters. The number of amides is 2. The lowest BCUT2D eigenvalue weighted by molar-refractivity contribution is -0.384. The van der Waals surface area contributed by atoms with Gasteiger partial charge in [0.2, 0.25) is 0 Å². The van der Waals surface area contributed by atoms with E-state index < -0.39 is 16.7 Å². The highest BCUT2D eigenvalue weighted by Crippen LogP contribution is 2.14. The van der Waals surface area contributed by atoms with Crippen LogP contribution in [-0.2, 0) is 6.42 Å². The third kappa shape index (κ3) is 5.65. The van der Waals surface area contributed by atoms with E-state index >= 15 is 0 Å². The molecule has 2 amide bonds. The van der Waals surface area contributed by atoms with Gasteiger partial charge in [0.25, 0.3) is 17.5 Å². The number of nitro benzene ring substituents is 1. The van der Waals surface area contributed by atoms with Crippen molar-refractivity contribution in [2.24, 2.45) is 0 Å². The smallest absolute Gasteiger partial charge is 0.269 e. The third-order valence-corrected chi connectivity index (χ3v) is 4.23. The van der Waals surface area contributed by atoms with Gasteiger partial charge in [0, 0.05) is 29.7 Å². The number of nitro groups is 1. The van der Waals surface area contributed by atoms with Gasteiger partial charge in [-0.3, -0.25) is 30.6 Å². The highest BCUT2D eigenvalue weighted by molar-refractivity contribution is 5.99. The molecule has 2 N–H and O–H groups in total. The summed E-state index contributed by atoms with van der Waals surface area (Å²) in [5.41, 5.74) is 6.12. The molecule has 0 saturated heterocycles. The molecule has 0 unspecified atom stereocenters. The molecule has 0 aliphatic heterocycles. The molecule has 152 valence electrons. The first-order valence-electron chi connectivity index (χ1n) is 9.15. The molecule has 3 rings (SSSR count). The molecule has 0 bridgehead atoms. The summed E-state index contributed by atoms with van der Waals surface area (Å²) in [5.74, 6) is -0.562. The number of nitrogens with one attached hydrogen (secondary N) is 2. The number of rotatable bonds is 7. The topological polar surface area (TPSA) is 111 Å². The van der Waals surface area contributed by atoms with Gasteiger partial charge in [-0.1, -0.05) is 36.4 Å². The molecule has 0 spiro atoms. The van der Waals surface area contributed by atoms with Crippen LogP contribution in [0.25, 0.3) is 0 Å². The lowest BCUT2D eigenvalue weighted by Gasteiger charge is -2.10. The highest BCUT2D eigenvalue weighted by Gasteiger charge is 2.12. The molecular weight excluding hydrogens is 386 g/mol. The largest absolute Gasteiger partial charge is 0.493 e. The van der Waals surface area contributed by atoms with Crippen molar-refractivity contribution in [1.29, 1.82) is 0 Å². The minimum Gasteiger partial charge on any atom is -0.493 e. The molecule has 0 aliphatic carbocycles. The van der Waals surface area contributed by atoms with Gasteiger partial charge in [0.15, 0.2) is 0 Å². The van der Waals surface area contributed by atoms with Crippen LogP contribution in [0.5, 0.6) is 5.75 Å². The van der Waals surface area contributed by atoms with Crippen molar-refractivity contribution in [2.75, 3.05) is 6.61 Å². The van der Waals surface area contributed by atoms with Gasteiger partial charge in [-0.15, -0.1) is 0 Å². The van der Waals surface area contributed by atoms with E-state index in [1.165, 1.54) is 24.3 Å². The molecule has 3 aromatic rings. The molecule has 0 saturated carbocycles. The summed E-state index contributed by atoms with van der Waals surface area (Å²) in [6, 6.07) is 21.6. The summed E-state index contributed by atoms with van der Waals surface area (Å²) in [5, 5.41) is 10.7. The van der Waals surface area contributed by atoms with Gasteiger partial charge in [-0.25, -0.2) is 0 Å². The first kappa shape index (κ1) is 20.5. The summed E-state index contributed by atoms with van der Waals surface area (Å²) < 4.78 is 5.70. The van der Waals surface area contributed by atoms with E-state index in [0.29, 0.717) is 17.9 Å². The van der Waals surface area contributed by atoms with E-state index in [9.17, 15) is 19.7 Å². The van der Waals surface area contributed by atoms with Crippen LogP contribution >= 0.6 is 0 Å². The average Bonchev–Trinajstić information content (AvgIpc) is 2.78. The van der Waals surface area contributed by atoms with E-state index in [1.54, 1.807) is 24.3 Å². The van der Waals surface area contributed by atoms with Crippen LogP contribution in [0.2, 0.25) is 0 Å². The Morgan fingerprint density at radius 2 is 1.50 bits per heavy atom. The number of hydrazine groups is 1. The Morgan fingerprint density at radius 1 is 0.833 bits per heavy atom. The summed E-state index contributed by atoms with van der Waals surface area (Å²) in [6.07, 6.45) is 0.739. The highest BCUT2D eigenvalue weighted by atomic mass is 16.6. The van der Waals surface area contributed by atoms with Crippen LogP contribution in [0.3, 0.4) is 0 Å². The van der Waals surface area contributed by atoms with E-state index in [4.69, 9.17) is 4.74 Å². The molecule has 8 heteroatoms. The maximum atomic E-state index is 12.3. The summed E-state index contributed by atoms with van der Waals surface area (Å²) in [7, 11) is 0. The molecule has 3 aromatic carbocycles. The Hall–Kier alpha value is -4.20. The van der Waals surface area contributed by atoms with Gasteiger partial charge >= 0.3 is 0 Å². The van der Waals surface area contributed by atoms with Crippen LogP contribution in [0, 0.1) is 10.1 Å². The standard InChI is InChI=1S/C22H19N3O5/c26-21(17-9-11-19(12-10-17)25(28)29)23-24-22(27)18-7-4-8-20(15-18)30-14-13-16-5-2-1-3-6-16/h1-12,15H,13-14H2,(H,23,26)(H,24,27). The zero-order chi connectivity index (χ0) is 21.3. The normalized spacial score (nSPS) is 10.1. The average molecular weight is 405 g/mol. The van der Waals surface area contributed by atoms with Crippen molar-refractivity contribution in [3.63, 3.8) is 0 Å². The number of hydrogen-bond acceptors (Lipinski definition) is 5. The Balaban J connectivity index is 1.51. The Morgan fingerprint density at radius 3 is 2.17 bits per heavy atom. The molecule has 30 heavy (non-hydrogen) atoms. The Kier molecular flexibility index (Phi) is 6.73. The molecule has 0 fully saturated rings. The van der Waals surface area contributed by atoms with Gasteiger partial charge in [-0.2, -0.15) is 0 Å². The minimum absolute atomic E-state index is 0.125. The van der Waals surface area contributed by atoms with Crippen molar-refractivity contribution in [2.45, 2.75) is 6.42 Å². The SMILES string of the molecule is O=C(NNC(=O)c1cccc(OCCc2ccccc2)c1)c1ccc([N+](=O)[O-])cc1. The van der Waals surface area contributed by atoms with Crippen LogP contribution < -0.4 is 15.6 Å². The summed E-state index contributed by atoms with van der Waals surface area (Å²) in [4.78, 5) is 34.5. The van der Waals surface area contributed by atoms with Crippen molar-refractivity contribution >= 4 is 17.5 Å². The molecular formula is C22H19N3O5. The Labute approximate surface area is 172 Å². The zero-order valence-electron chi connectivity index (χ0n) is 15.9. The Bertz CT molecular complexity index is 1040. The van der Waals surface area contributed by atoms with Crippen LogP contribution in [-0.4, -0.2) is 23.3 Å². The number of hydrogen-bond donors (Lipinski definition) is 2. The molecule has 0 heterocycles. The van der Waals surface area contributed by atoms with E-state index in [1.807, 2.05) is 30.3 Å². The van der Waals surface area contributed by atoms with Gasteiger partial charge < -0.3 is 4.74 Å². The fourth-order valence-corrected chi connectivity index (χ4v) is 2.65. The third-order valence-electron chi connectivity index (χ3n) is 4.23. The lowest BCUT2D eigenvalue weighted by Crippen LogP contribution is -2.41. The van der Waals surface area contributed by atoms with Crippen molar-refractivity contribution < 1.29 is 19.2 Å². The number of carbonyl (C=O) groups is 2.